The van der Waals surface area contributed by atoms with Crippen LogP contribution in [0, 0.1) is 16.7 Å². The molecule has 1 aromatic carbocycles. The lowest BCUT2D eigenvalue weighted by Crippen LogP contribution is -2.79. The highest BCUT2D eigenvalue weighted by atomic mass is 19.3. The molecule has 18 heteroatoms. The van der Waals surface area contributed by atoms with Gasteiger partial charge in [-0.2, -0.15) is 0 Å². The molecule has 12 atom stereocenters. The maximum Gasteiger partial charge on any atom is 0.408 e. The number of hydrogen-bond donors (Lipinski definition) is 3. The summed E-state index contributed by atoms with van der Waals surface area (Å²) in [5, 5.41) is 27.0. The summed E-state index contributed by atoms with van der Waals surface area (Å²) in [4.78, 5) is 55.3. The number of halogens is 3. The van der Waals surface area contributed by atoms with Gasteiger partial charge in [0.25, 0.3) is 5.92 Å². The number of aliphatic hydroxyl groups is 2. The maximum atomic E-state index is 14.4. The molecule has 0 unspecified atom stereocenters. The van der Waals surface area contributed by atoms with Crippen molar-refractivity contribution in [3.05, 3.63) is 47.0 Å². The number of fused-ring (bicyclic) bond motifs is 8. The average Bonchev–Trinajstić information content (AvgIpc) is 3.55. The Morgan fingerprint density at radius 1 is 1.05 bits per heavy atom. The minimum atomic E-state index is -2.88. The van der Waals surface area contributed by atoms with Gasteiger partial charge in [-0.25, -0.2) is 27.6 Å². The molecule has 3 saturated heterocycles. The van der Waals surface area contributed by atoms with Crippen molar-refractivity contribution in [1.82, 2.24) is 10.2 Å². The van der Waals surface area contributed by atoms with Crippen molar-refractivity contribution in [1.29, 1.82) is 0 Å². The quantitative estimate of drug-likeness (QED) is 0.174. The van der Waals surface area contributed by atoms with E-state index in [-0.39, 0.29) is 18.7 Å². The molecule has 5 fully saturated rings. The van der Waals surface area contributed by atoms with E-state index in [1.165, 1.54) is 11.8 Å². The van der Waals surface area contributed by atoms with Crippen LogP contribution in [0.3, 0.4) is 0 Å². The Bertz CT molecular complexity index is 1920. The average molecular weight is 867 g/mol. The fourth-order valence-electron chi connectivity index (χ4n) is 10.7. The molecule has 2 saturated carbocycles. The molecule has 7 rings (SSSR count). The van der Waals surface area contributed by atoms with E-state index in [9.17, 15) is 42.6 Å². The number of nitrogens with zero attached hydrogens (tertiary/aromatic N) is 1. The van der Waals surface area contributed by atoms with E-state index in [1.807, 2.05) is 6.92 Å². The van der Waals surface area contributed by atoms with Crippen LogP contribution in [0.15, 0.2) is 41.5 Å². The molecule has 61 heavy (non-hydrogen) atoms. The van der Waals surface area contributed by atoms with Crippen LogP contribution in [-0.2, 0) is 42.7 Å². The molecule has 1 aromatic rings. The number of esters is 3. The van der Waals surface area contributed by atoms with Gasteiger partial charge in [-0.3, -0.25) is 9.69 Å². The minimum absolute atomic E-state index is 0.0342. The van der Waals surface area contributed by atoms with Crippen LogP contribution in [0.2, 0.25) is 0 Å². The first-order chi connectivity index (χ1) is 28.4. The van der Waals surface area contributed by atoms with E-state index in [1.54, 1.807) is 71.9 Å². The van der Waals surface area contributed by atoms with Gasteiger partial charge in [0.1, 0.15) is 42.3 Å². The Balaban J connectivity index is 1.36. The fraction of sp³-hybridized carbons (Fsp3) is 0.721. The molecule has 0 radical (unpaired) electrons. The highest BCUT2D eigenvalue weighted by Gasteiger charge is 2.77. The molecule has 3 N–H and O–H groups in total. The highest BCUT2D eigenvalue weighted by Crippen LogP contribution is 2.66. The number of nitrogens with one attached hydrogen (secondary N) is 1. The number of rotatable bonds is 10. The predicted molar refractivity (Wildman–Crippen MR) is 207 cm³/mol. The van der Waals surface area contributed by atoms with Crippen LogP contribution in [0.5, 0.6) is 0 Å². The van der Waals surface area contributed by atoms with Crippen molar-refractivity contribution in [2.24, 2.45) is 16.7 Å². The molecule has 3 heterocycles. The number of amides is 1. The number of likely N-dealkylation sites (tertiary alicyclic amines) is 1. The third-order valence-electron chi connectivity index (χ3n) is 13.6. The topological polar surface area (TPSA) is 189 Å². The van der Waals surface area contributed by atoms with Gasteiger partial charge in [0, 0.05) is 24.2 Å². The van der Waals surface area contributed by atoms with E-state index < -0.39 is 139 Å². The van der Waals surface area contributed by atoms with E-state index in [0.29, 0.717) is 24.0 Å². The van der Waals surface area contributed by atoms with Gasteiger partial charge >= 0.3 is 24.0 Å². The fourth-order valence-corrected chi connectivity index (χ4v) is 10.7. The van der Waals surface area contributed by atoms with E-state index >= 15 is 0 Å². The van der Waals surface area contributed by atoms with Gasteiger partial charge in [-0.05, 0) is 63.8 Å². The maximum absolute atomic E-state index is 14.4. The largest absolute Gasteiger partial charge is 0.456 e. The number of alkyl carbamates (subject to hydrolysis) is 1. The number of benzene rings is 1. The van der Waals surface area contributed by atoms with E-state index in [4.69, 9.17) is 33.2 Å². The van der Waals surface area contributed by atoms with Crippen LogP contribution in [0.1, 0.15) is 85.0 Å². The summed E-state index contributed by atoms with van der Waals surface area (Å²) in [5.41, 5.74) is -6.27. The molecule has 6 aliphatic rings. The summed E-state index contributed by atoms with van der Waals surface area (Å²) in [6.45, 7) is 10.4. The van der Waals surface area contributed by atoms with Gasteiger partial charge in [0.2, 0.25) is 0 Å². The summed E-state index contributed by atoms with van der Waals surface area (Å²) in [7, 11) is 0. The number of alkyl halides is 3. The smallest absolute Gasteiger partial charge is 0.408 e. The highest BCUT2D eigenvalue weighted by molar-refractivity contribution is 5.89. The zero-order valence-electron chi connectivity index (χ0n) is 35.7. The molecule has 0 spiro atoms. The van der Waals surface area contributed by atoms with Gasteiger partial charge in [0.05, 0.1) is 49.9 Å². The molecule has 338 valence electrons. The predicted octanol–water partition coefficient (Wildman–Crippen LogP) is 4.02. The number of hydrogen-bond acceptors (Lipinski definition) is 14. The van der Waals surface area contributed by atoms with Gasteiger partial charge in [-0.15, -0.1) is 0 Å². The Hall–Kier alpha value is -3.81. The Kier molecular flexibility index (Phi) is 11.7. The number of carbonyl (C=O) groups is 4. The van der Waals surface area contributed by atoms with Crippen molar-refractivity contribution in [2.75, 3.05) is 32.9 Å². The number of carbonyl (C=O) groups excluding carboxylic acids is 4. The summed E-state index contributed by atoms with van der Waals surface area (Å²) in [6.07, 6.45) is -9.72. The zero-order chi connectivity index (χ0) is 44.7. The lowest BCUT2D eigenvalue weighted by atomic mass is 9.45. The van der Waals surface area contributed by atoms with Crippen molar-refractivity contribution in [2.45, 2.75) is 146 Å². The van der Waals surface area contributed by atoms with Crippen LogP contribution in [0.25, 0.3) is 0 Å². The molecular weight excluding hydrogens is 809 g/mol. The number of aliphatic hydroxyl groups excluding tert-OH is 1. The first-order valence-electron chi connectivity index (χ1n) is 20.7. The zero-order valence-corrected chi connectivity index (χ0v) is 35.7. The van der Waals surface area contributed by atoms with Crippen molar-refractivity contribution in [3.63, 3.8) is 0 Å². The second kappa shape index (κ2) is 15.8. The SMILES string of the molecule is CC(=O)O[C@@]12CO[C@@H]1CC[C@@]1(C)[C@@H]3O[C@H](CN4CC(F)(F)C4)O[C@@H]3C3=C(C)[C@@H](OC(=O)[C@H](O)[C@H](CF)NC(=O)OC(C)(C)C)C[C@@](O)([C@@H](OC(=O)c4ccccc4)[C@@H]12)C3(C)C. The van der Waals surface area contributed by atoms with Crippen LogP contribution in [0.4, 0.5) is 18.0 Å². The molecule has 1 amide bonds. The van der Waals surface area contributed by atoms with E-state index in [2.05, 4.69) is 5.32 Å². The molecule has 3 aliphatic carbocycles. The minimum Gasteiger partial charge on any atom is -0.456 e. The van der Waals surface area contributed by atoms with Crippen molar-refractivity contribution in [3.8, 4) is 0 Å². The Morgan fingerprint density at radius 3 is 2.30 bits per heavy atom. The standard InChI is InChI=1S/C43H57F3N2O13/c1-22-26(56-36(52)30(50)25(17-44)47-37(53)61-38(3,4)5)16-43(54)34(59-35(51)24-12-10-9-11-13-24)32-40(8,15-14-27-42(32,21-55-27)60-23(2)49)33-31(29(22)39(43,6)7)57-28(58-33)18-48-19-41(45,46)20-48/h9-13,25-28,30-34,50,54H,14-21H2,1-8H3,(H,47,53)/t25-,26-,27+,28+,30+,31+,32-,33+,34-,40+,42-,43+/m0/s1. The normalized spacial score (nSPS) is 37.1. The Morgan fingerprint density at radius 2 is 1.72 bits per heavy atom. The summed E-state index contributed by atoms with van der Waals surface area (Å²) in [6, 6.07) is 6.31. The number of ether oxygens (including phenoxy) is 7. The molecule has 2 bridgehead atoms. The molecule has 0 aromatic heterocycles. The van der Waals surface area contributed by atoms with Gasteiger partial charge in [-0.1, -0.05) is 39.0 Å². The van der Waals surface area contributed by atoms with E-state index in [0.717, 1.165) is 0 Å². The first-order valence-corrected chi connectivity index (χ1v) is 20.7. The van der Waals surface area contributed by atoms with Crippen LogP contribution < -0.4 is 5.32 Å². The second-order valence-corrected chi connectivity index (χ2v) is 19.3. The second-order valence-electron chi connectivity index (χ2n) is 19.3. The molecule has 3 aliphatic heterocycles. The summed E-state index contributed by atoms with van der Waals surface area (Å²) >= 11 is 0. The summed E-state index contributed by atoms with van der Waals surface area (Å²) < 4.78 is 86.0. The summed E-state index contributed by atoms with van der Waals surface area (Å²) in [5.74, 6) is -6.77. The van der Waals surface area contributed by atoms with Crippen molar-refractivity contribution >= 4 is 24.0 Å². The lowest BCUT2D eigenvalue weighted by Gasteiger charge is -2.68. The monoisotopic (exact) mass is 866 g/mol. The third kappa shape index (κ3) is 7.94. The van der Waals surface area contributed by atoms with Crippen LogP contribution >= 0.6 is 0 Å². The first kappa shape index (κ1) is 45.2. The third-order valence-corrected chi connectivity index (χ3v) is 13.6. The van der Waals surface area contributed by atoms with Crippen molar-refractivity contribution < 1.29 is 75.7 Å². The molecule has 15 nitrogen and oxygen atoms in total. The van der Waals surface area contributed by atoms with Gasteiger partial charge < -0.3 is 48.7 Å². The molecular formula is C43H57F3N2O13. The lowest BCUT2D eigenvalue weighted by molar-refractivity contribution is -0.345. The van der Waals surface area contributed by atoms with Gasteiger partial charge in [0.15, 0.2) is 18.0 Å². The Labute approximate surface area is 352 Å². The van der Waals surface area contributed by atoms with Crippen LogP contribution in [-0.4, -0.2) is 144 Å².